The summed E-state index contributed by atoms with van der Waals surface area (Å²) in [6.45, 7) is 5.48. The van der Waals surface area contributed by atoms with Gasteiger partial charge in [0.2, 0.25) is 0 Å². The summed E-state index contributed by atoms with van der Waals surface area (Å²) in [7, 11) is 0. The third-order valence-corrected chi connectivity index (χ3v) is 3.37. The van der Waals surface area contributed by atoms with Gasteiger partial charge in [-0.1, -0.05) is 13.0 Å². The van der Waals surface area contributed by atoms with Gasteiger partial charge in [0, 0.05) is 23.9 Å². The Bertz CT molecular complexity index is 322. The molecule has 1 N–H and O–H groups in total. The molecule has 1 aliphatic rings. The molecule has 82 valence electrons. The minimum absolute atomic E-state index is 0.545. The van der Waals surface area contributed by atoms with E-state index in [1.807, 2.05) is 6.20 Å². The van der Waals surface area contributed by atoms with Crippen molar-refractivity contribution in [1.29, 1.82) is 0 Å². The van der Waals surface area contributed by atoms with E-state index in [4.69, 9.17) is 0 Å². The second-order valence-electron chi connectivity index (χ2n) is 4.39. The first kappa shape index (κ1) is 10.6. The van der Waals surface area contributed by atoms with Gasteiger partial charge in [0.25, 0.3) is 0 Å². The number of fused-ring (bicyclic) bond motifs is 1. The number of rotatable bonds is 3. The summed E-state index contributed by atoms with van der Waals surface area (Å²) < 4.78 is 0. The lowest BCUT2D eigenvalue weighted by Crippen LogP contribution is -2.34. The molecule has 0 bridgehead atoms. The highest BCUT2D eigenvalue weighted by molar-refractivity contribution is 5.27. The van der Waals surface area contributed by atoms with Gasteiger partial charge in [0.15, 0.2) is 0 Å². The molecule has 0 fully saturated rings. The summed E-state index contributed by atoms with van der Waals surface area (Å²) in [4.78, 5) is 4.56. The van der Waals surface area contributed by atoms with Crippen LogP contribution in [0.1, 0.15) is 43.9 Å². The normalized spacial score (nSPS) is 22.1. The fourth-order valence-corrected chi connectivity index (χ4v) is 2.60. The van der Waals surface area contributed by atoms with Crippen LogP contribution in [0.25, 0.3) is 0 Å². The first-order chi connectivity index (χ1) is 7.33. The molecular weight excluding hydrogens is 184 g/mol. The standard InChI is InChI=1S/C13H20N2/c1-3-14-10(2)12-8-4-6-11-7-5-9-15-13(11)12/h5,7,9-10,12,14H,3-4,6,8H2,1-2H3. The third kappa shape index (κ3) is 2.20. The zero-order chi connectivity index (χ0) is 10.7. The van der Waals surface area contributed by atoms with Gasteiger partial charge in [0.1, 0.15) is 0 Å². The van der Waals surface area contributed by atoms with Gasteiger partial charge in [-0.25, -0.2) is 0 Å². The number of nitrogens with one attached hydrogen (secondary N) is 1. The summed E-state index contributed by atoms with van der Waals surface area (Å²) in [6.07, 6.45) is 5.71. The minimum atomic E-state index is 0.545. The first-order valence-corrected chi connectivity index (χ1v) is 6.00. The van der Waals surface area contributed by atoms with Gasteiger partial charge < -0.3 is 5.32 Å². The molecule has 1 heterocycles. The van der Waals surface area contributed by atoms with Crippen LogP contribution in [0.3, 0.4) is 0 Å². The van der Waals surface area contributed by atoms with E-state index in [-0.39, 0.29) is 0 Å². The average molecular weight is 204 g/mol. The van der Waals surface area contributed by atoms with Crippen LogP contribution in [-0.4, -0.2) is 17.6 Å². The Morgan fingerprint density at radius 3 is 3.27 bits per heavy atom. The molecule has 2 atom stereocenters. The Balaban J connectivity index is 2.21. The van der Waals surface area contributed by atoms with Crippen LogP contribution in [0.5, 0.6) is 0 Å². The lowest BCUT2D eigenvalue weighted by molar-refractivity contribution is 0.413. The maximum atomic E-state index is 4.56. The predicted octanol–water partition coefficient (Wildman–Crippen LogP) is 2.50. The number of aromatic nitrogens is 1. The number of hydrogen-bond donors (Lipinski definition) is 1. The van der Waals surface area contributed by atoms with Crippen molar-refractivity contribution in [1.82, 2.24) is 10.3 Å². The molecule has 2 unspecified atom stereocenters. The second-order valence-corrected chi connectivity index (χ2v) is 4.39. The molecule has 0 aromatic carbocycles. The molecule has 2 nitrogen and oxygen atoms in total. The van der Waals surface area contributed by atoms with E-state index in [9.17, 15) is 0 Å². The van der Waals surface area contributed by atoms with Crippen LogP contribution < -0.4 is 5.32 Å². The number of hydrogen-bond acceptors (Lipinski definition) is 2. The molecule has 2 heteroatoms. The van der Waals surface area contributed by atoms with E-state index in [1.54, 1.807) is 0 Å². The number of pyridine rings is 1. The topological polar surface area (TPSA) is 24.9 Å². The Labute approximate surface area is 92.1 Å². The summed E-state index contributed by atoms with van der Waals surface area (Å²) in [5, 5.41) is 3.52. The van der Waals surface area contributed by atoms with Crippen LogP contribution in [0.15, 0.2) is 18.3 Å². The Morgan fingerprint density at radius 2 is 2.47 bits per heavy atom. The first-order valence-electron chi connectivity index (χ1n) is 6.00. The van der Waals surface area contributed by atoms with Crippen molar-refractivity contribution in [3.63, 3.8) is 0 Å². The van der Waals surface area contributed by atoms with Gasteiger partial charge in [-0.15, -0.1) is 0 Å². The number of nitrogens with zero attached hydrogens (tertiary/aromatic N) is 1. The predicted molar refractivity (Wildman–Crippen MR) is 63.1 cm³/mol. The van der Waals surface area contributed by atoms with Crippen LogP contribution in [0, 0.1) is 0 Å². The molecule has 15 heavy (non-hydrogen) atoms. The van der Waals surface area contributed by atoms with E-state index in [2.05, 4.69) is 36.3 Å². The van der Waals surface area contributed by atoms with E-state index in [0.29, 0.717) is 12.0 Å². The van der Waals surface area contributed by atoms with Crippen molar-refractivity contribution in [2.24, 2.45) is 0 Å². The van der Waals surface area contributed by atoms with Crippen LogP contribution in [0.4, 0.5) is 0 Å². The minimum Gasteiger partial charge on any atom is -0.314 e. The third-order valence-electron chi connectivity index (χ3n) is 3.37. The van der Waals surface area contributed by atoms with Crippen LogP contribution in [0.2, 0.25) is 0 Å². The highest BCUT2D eigenvalue weighted by Gasteiger charge is 2.25. The van der Waals surface area contributed by atoms with Crippen molar-refractivity contribution in [2.45, 2.75) is 45.1 Å². The van der Waals surface area contributed by atoms with Gasteiger partial charge in [-0.3, -0.25) is 4.98 Å². The van der Waals surface area contributed by atoms with Crippen molar-refractivity contribution >= 4 is 0 Å². The molecule has 0 saturated carbocycles. The highest BCUT2D eigenvalue weighted by Crippen LogP contribution is 2.32. The quantitative estimate of drug-likeness (QED) is 0.818. The SMILES string of the molecule is CCNC(C)C1CCCc2cccnc21. The van der Waals surface area contributed by atoms with Crippen molar-refractivity contribution in [3.05, 3.63) is 29.6 Å². The molecule has 1 aromatic rings. The fourth-order valence-electron chi connectivity index (χ4n) is 2.60. The summed E-state index contributed by atoms with van der Waals surface area (Å²) in [5.41, 5.74) is 2.79. The zero-order valence-corrected chi connectivity index (χ0v) is 9.66. The van der Waals surface area contributed by atoms with Crippen LogP contribution in [-0.2, 0) is 6.42 Å². The van der Waals surface area contributed by atoms with Gasteiger partial charge in [-0.2, -0.15) is 0 Å². The Hall–Kier alpha value is -0.890. The van der Waals surface area contributed by atoms with Crippen LogP contribution >= 0.6 is 0 Å². The molecule has 1 aliphatic carbocycles. The molecular formula is C13H20N2. The second kappa shape index (κ2) is 4.75. The largest absolute Gasteiger partial charge is 0.314 e. The Morgan fingerprint density at radius 1 is 1.60 bits per heavy atom. The van der Waals surface area contributed by atoms with Gasteiger partial charge >= 0.3 is 0 Å². The van der Waals surface area contributed by atoms with E-state index < -0.39 is 0 Å². The highest BCUT2D eigenvalue weighted by atomic mass is 14.9. The molecule has 0 spiro atoms. The Kier molecular flexibility index (Phi) is 3.37. The molecule has 0 aliphatic heterocycles. The van der Waals surface area contributed by atoms with E-state index in [0.717, 1.165) is 6.54 Å². The molecule has 0 amide bonds. The fraction of sp³-hybridized carbons (Fsp3) is 0.615. The number of likely N-dealkylation sites (N-methyl/N-ethyl adjacent to an activating group) is 1. The average Bonchev–Trinajstić information content (AvgIpc) is 2.28. The van der Waals surface area contributed by atoms with Gasteiger partial charge in [0.05, 0.1) is 0 Å². The van der Waals surface area contributed by atoms with Gasteiger partial charge in [-0.05, 0) is 44.4 Å². The molecule has 2 rings (SSSR count). The number of aryl methyl sites for hydroxylation is 1. The van der Waals surface area contributed by atoms with E-state index >= 15 is 0 Å². The summed E-state index contributed by atoms with van der Waals surface area (Å²) in [6, 6.07) is 4.83. The lowest BCUT2D eigenvalue weighted by atomic mass is 9.82. The molecule has 1 aromatic heterocycles. The smallest absolute Gasteiger partial charge is 0.0481 e. The van der Waals surface area contributed by atoms with Crippen molar-refractivity contribution < 1.29 is 0 Å². The summed E-state index contributed by atoms with van der Waals surface area (Å²) in [5.74, 6) is 0.606. The van der Waals surface area contributed by atoms with E-state index in [1.165, 1.54) is 30.5 Å². The van der Waals surface area contributed by atoms with Crippen molar-refractivity contribution in [3.8, 4) is 0 Å². The maximum absolute atomic E-state index is 4.56. The molecule has 0 saturated heterocycles. The lowest BCUT2D eigenvalue weighted by Gasteiger charge is -2.29. The monoisotopic (exact) mass is 204 g/mol. The summed E-state index contributed by atoms with van der Waals surface area (Å²) >= 11 is 0. The van der Waals surface area contributed by atoms with Crippen molar-refractivity contribution in [2.75, 3.05) is 6.54 Å². The zero-order valence-electron chi connectivity index (χ0n) is 9.66. The molecule has 0 radical (unpaired) electrons. The maximum Gasteiger partial charge on any atom is 0.0481 e.